The molecule has 0 aromatic rings. The maximum Gasteiger partial charge on any atom is 0.391 e. The number of halogens is 6. The second-order valence-corrected chi connectivity index (χ2v) is 2.96. The molecular formula is C8H12F6O2. The van der Waals surface area contributed by atoms with E-state index < -0.39 is 38.4 Å². The van der Waals surface area contributed by atoms with Crippen LogP contribution < -0.4 is 0 Å². The van der Waals surface area contributed by atoms with Gasteiger partial charge in [-0.15, -0.1) is 0 Å². The van der Waals surface area contributed by atoms with Gasteiger partial charge in [0.2, 0.25) is 0 Å². The van der Waals surface area contributed by atoms with Gasteiger partial charge in [-0.05, 0) is 0 Å². The van der Waals surface area contributed by atoms with Gasteiger partial charge in [-0.3, -0.25) is 0 Å². The predicted molar refractivity (Wildman–Crippen MR) is 43.0 cm³/mol. The molecule has 16 heavy (non-hydrogen) atoms. The van der Waals surface area contributed by atoms with Gasteiger partial charge in [0.05, 0.1) is 39.3 Å². The van der Waals surface area contributed by atoms with E-state index in [9.17, 15) is 26.3 Å². The molecule has 8 heteroatoms. The van der Waals surface area contributed by atoms with Crippen molar-refractivity contribution in [3.63, 3.8) is 0 Å². The van der Waals surface area contributed by atoms with Crippen LogP contribution in [0.3, 0.4) is 0 Å². The van der Waals surface area contributed by atoms with Crippen LogP contribution in [0, 0.1) is 0 Å². The summed E-state index contributed by atoms with van der Waals surface area (Å²) in [7, 11) is 0. The van der Waals surface area contributed by atoms with E-state index in [1.54, 1.807) is 0 Å². The SMILES string of the molecule is FC(F)(F)CCOCCOCCC(F)(F)F. The Hall–Kier alpha value is -0.500. The van der Waals surface area contributed by atoms with E-state index in [-0.39, 0.29) is 13.2 Å². The third kappa shape index (κ3) is 13.5. The van der Waals surface area contributed by atoms with Gasteiger partial charge in [-0.25, -0.2) is 0 Å². The van der Waals surface area contributed by atoms with Crippen molar-refractivity contribution in [1.29, 1.82) is 0 Å². The monoisotopic (exact) mass is 254 g/mol. The molecule has 0 unspecified atom stereocenters. The summed E-state index contributed by atoms with van der Waals surface area (Å²) < 4.78 is 78.5. The average molecular weight is 254 g/mol. The van der Waals surface area contributed by atoms with E-state index in [0.29, 0.717) is 0 Å². The zero-order valence-corrected chi connectivity index (χ0v) is 8.33. The number of hydrogen-bond donors (Lipinski definition) is 0. The summed E-state index contributed by atoms with van der Waals surface area (Å²) >= 11 is 0. The molecule has 0 aromatic carbocycles. The molecule has 0 aliphatic rings. The summed E-state index contributed by atoms with van der Waals surface area (Å²) in [6.45, 7) is -1.31. The molecule has 0 spiro atoms. The Kier molecular flexibility index (Phi) is 6.73. The summed E-state index contributed by atoms with van der Waals surface area (Å²) in [6.07, 6.45) is -10.7. The van der Waals surface area contributed by atoms with E-state index in [1.807, 2.05) is 0 Å². The van der Waals surface area contributed by atoms with E-state index in [1.165, 1.54) is 0 Å². The number of ether oxygens (including phenoxy) is 2. The van der Waals surface area contributed by atoms with E-state index >= 15 is 0 Å². The molecular weight excluding hydrogens is 242 g/mol. The van der Waals surface area contributed by atoms with Crippen LogP contribution >= 0.6 is 0 Å². The van der Waals surface area contributed by atoms with E-state index in [2.05, 4.69) is 9.47 Å². The normalized spacial score (nSPS) is 13.1. The molecule has 0 bridgehead atoms. The number of rotatable bonds is 7. The minimum atomic E-state index is -4.28. The smallest absolute Gasteiger partial charge is 0.379 e. The molecule has 98 valence electrons. The molecule has 0 N–H and O–H groups in total. The van der Waals surface area contributed by atoms with E-state index in [4.69, 9.17) is 0 Å². The quantitative estimate of drug-likeness (QED) is 0.513. The molecule has 0 aliphatic carbocycles. The van der Waals surface area contributed by atoms with Crippen LogP contribution in [0.1, 0.15) is 12.8 Å². The van der Waals surface area contributed by atoms with Gasteiger partial charge in [0.25, 0.3) is 0 Å². The van der Waals surface area contributed by atoms with Crippen LogP contribution in [0.25, 0.3) is 0 Å². The average Bonchev–Trinajstić information content (AvgIpc) is 2.06. The summed E-state index contributed by atoms with van der Waals surface area (Å²) in [5.41, 5.74) is 0. The molecule has 0 aliphatic heterocycles. The zero-order chi connectivity index (χ0) is 12.7. The summed E-state index contributed by atoms with van der Waals surface area (Å²) in [5, 5.41) is 0. The first kappa shape index (κ1) is 15.5. The fourth-order valence-electron chi connectivity index (χ4n) is 0.698. The molecule has 0 saturated heterocycles. The maximum absolute atomic E-state index is 11.6. The van der Waals surface area contributed by atoms with Crippen molar-refractivity contribution in [2.24, 2.45) is 0 Å². The zero-order valence-electron chi connectivity index (χ0n) is 8.33. The van der Waals surface area contributed by atoms with Gasteiger partial charge in [0, 0.05) is 0 Å². The molecule has 0 amide bonds. The highest BCUT2D eigenvalue weighted by atomic mass is 19.4. The molecule has 0 fully saturated rings. The summed E-state index contributed by atoms with van der Waals surface area (Å²) in [4.78, 5) is 0. The highest BCUT2D eigenvalue weighted by Gasteiger charge is 2.27. The molecule has 0 rings (SSSR count). The molecule has 0 heterocycles. The lowest BCUT2D eigenvalue weighted by atomic mass is 10.4. The standard InChI is InChI=1S/C8H12F6O2/c9-7(10,11)1-3-15-5-6-16-4-2-8(12,13)14/h1-6H2. The molecule has 0 radical (unpaired) electrons. The number of alkyl halides is 6. The predicted octanol–water partition coefficient (Wildman–Crippen LogP) is 2.92. The van der Waals surface area contributed by atoms with Gasteiger partial charge < -0.3 is 9.47 Å². The van der Waals surface area contributed by atoms with Crippen molar-refractivity contribution < 1.29 is 35.8 Å². The van der Waals surface area contributed by atoms with Gasteiger partial charge in [-0.2, -0.15) is 26.3 Å². The fourth-order valence-corrected chi connectivity index (χ4v) is 0.698. The van der Waals surface area contributed by atoms with Crippen LogP contribution in [0.4, 0.5) is 26.3 Å². The van der Waals surface area contributed by atoms with Crippen molar-refractivity contribution in [2.75, 3.05) is 26.4 Å². The summed E-state index contributed by atoms with van der Waals surface area (Å²) in [5.74, 6) is 0. The minimum absolute atomic E-state index is 0.145. The van der Waals surface area contributed by atoms with Crippen molar-refractivity contribution in [2.45, 2.75) is 25.2 Å². The Balaban J connectivity index is 3.17. The largest absolute Gasteiger partial charge is 0.391 e. The van der Waals surface area contributed by atoms with Gasteiger partial charge in [0.1, 0.15) is 0 Å². The second-order valence-electron chi connectivity index (χ2n) is 2.96. The Morgan fingerprint density at radius 3 is 1.12 bits per heavy atom. The third-order valence-corrected chi connectivity index (χ3v) is 1.43. The van der Waals surface area contributed by atoms with Crippen LogP contribution in [0.2, 0.25) is 0 Å². The van der Waals surface area contributed by atoms with Crippen molar-refractivity contribution in [3.8, 4) is 0 Å². The van der Waals surface area contributed by atoms with Crippen LogP contribution in [0.5, 0.6) is 0 Å². The van der Waals surface area contributed by atoms with Crippen molar-refractivity contribution >= 4 is 0 Å². The highest BCUT2D eigenvalue weighted by molar-refractivity contribution is 4.49. The van der Waals surface area contributed by atoms with Gasteiger partial charge >= 0.3 is 12.4 Å². The Morgan fingerprint density at radius 1 is 0.562 bits per heavy atom. The molecule has 2 nitrogen and oxygen atoms in total. The Morgan fingerprint density at radius 2 is 0.875 bits per heavy atom. The molecule has 0 atom stereocenters. The lowest BCUT2D eigenvalue weighted by Crippen LogP contribution is -2.15. The second kappa shape index (κ2) is 6.95. The van der Waals surface area contributed by atoms with Crippen molar-refractivity contribution in [1.82, 2.24) is 0 Å². The van der Waals surface area contributed by atoms with Gasteiger partial charge in [-0.1, -0.05) is 0 Å². The highest BCUT2D eigenvalue weighted by Crippen LogP contribution is 2.19. The van der Waals surface area contributed by atoms with Gasteiger partial charge in [0.15, 0.2) is 0 Å². The Labute approximate surface area is 88.5 Å². The Bertz CT molecular complexity index is 156. The topological polar surface area (TPSA) is 18.5 Å². The van der Waals surface area contributed by atoms with Crippen LogP contribution in [-0.4, -0.2) is 38.8 Å². The first-order chi connectivity index (χ1) is 7.21. The number of hydrogen-bond acceptors (Lipinski definition) is 2. The summed E-state index contributed by atoms with van der Waals surface area (Å²) in [6, 6.07) is 0. The fraction of sp³-hybridized carbons (Fsp3) is 1.00. The first-order valence-electron chi connectivity index (χ1n) is 4.50. The minimum Gasteiger partial charge on any atom is -0.379 e. The van der Waals surface area contributed by atoms with Crippen LogP contribution in [-0.2, 0) is 9.47 Å². The van der Waals surface area contributed by atoms with Crippen molar-refractivity contribution in [3.05, 3.63) is 0 Å². The third-order valence-electron chi connectivity index (χ3n) is 1.43. The first-order valence-corrected chi connectivity index (χ1v) is 4.50. The lowest BCUT2D eigenvalue weighted by molar-refractivity contribution is -0.151. The molecule has 0 aromatic heterocycles. The lowest BCUT2D eigenvalue weighted by Gasteiger charge is -2.08. The maximum atomic E-state index is 11.6. The molecule has 0 saturated carbocycles. The van der Waals surface area contributed by atoms with Crippen LogP contribution in [0.15, 0.2) is 0 Å². The van der Waals surface area contributed by atoms with E-state index in [0.717, 1.165) is 0 Å².